The van der Waals surface area contributed by atoms with Crippen LogP contribution in [0.15, 0.2) is 23.6 Å². The first kappa shape index (κ1) is 10.9. The Morgan fingerprint density at radius 1 is 1.35 bits per heavy atom. The zero-order chi connectivity index (χ0) is 11.7. The van der Waals surface area contributed by atoms with E-state index in [-0.39, 0.29) is 0 Å². The molecule has 0 aliphatic carbocycles. The predicted molar refractivity (Wildman–Crippen MR) is 70.1 cm³/mol. The number of aryl methyl sites for hydroxylation is 1. The van der Waals surface area contributed by atoms with E-state index in [4.69, 9.17) is 4.98 Å². The summed E-state index contributed by atoms with van der Waals surface area (Å²) >= 11 is 1.68. The molecule has 4 heteroatoms. The molecule has 1 saturated heterocycles. The Kier molecular flexibility index (Phi) is 2.91. The Morgan fingerprint density at radius 3 is 3.06 bits per heavy atom. The van der Waals surface area contributed by atoms with Crippen LogP contribution in [0.25, 0.3) is 10.7 Å². The second-order valence-corrected chi connectivity index (χ2v) is 5.25. The van der Waals surface area contributed by atoms with Gasteiger partial charge >= 0.3 is 0 Å². The summed E-state index contributed by atoms with van der Waals surface area (Å²) in [6.45, 7) is 3.12. The minimum absolute atomic E-state index is 0.449. The van der Waals surface area contributed by atoms with Gasteiger partial charge in [0.1, 0.15) is 5.01 Å². The first-order chi connectivity index (χ1) is 8.33. The third kappa shape index (κ3) is 2.23. The molecular weight excluding hydrogens is 230 g/mol. The van der Waals surface area contributed by atoms with Gasteiger partial charge in [0.15, 0.2) is 0 Å². The molecule has 0 saturated carbocycles. The number of hydrogen-bond acceptors (Lipinski definition) is 4. The molecule has 2 aromatic rings. The van der Waals surface area contributed by atoms with E-state index in [0.29, 0.717) is 6.04 Å². The maximum atomic E-state index is 4.70. The Labute approximate surface area is 105 Å². The van der Waals surface area contributed by atoms with Gasteiger partial charge in [-0.25, -0.2) is 4.98 Å². The third-order valence-electron chi connectivity index (χ3n) is 3.05. The van der Waals surface area contributed by atoms with Gasteiger partial charge in [0.05, 0.1) is 17.4 Å². The van der Waals surface area contributed by atoms with E-state index < -0.39 is 0 Å². The van der Waals surface area contributed by atoms with Crippen molar-refractivity contribution in [2.24, 2.45) is 0 Å². The Hall–Kier alpha value is -1.26. The molecule has 1 aliphatic heterocycles. The molecule has 1 unspecified atom stereocenters. The van der Waals surface area contributed by atoms with Crippen molar-refractivity contribution >= 4 is 11.3 Å². The molecule has 3 heterocycles. The van der Waals surface area contributed by atoms with Crippen molar-refractivity contribution in [3.8, 4) is 10.7 Å². The van der Waals surface area contributed by atoms with E-state index in [9.17, 15) is 0 Å². The van der Waals surface area contributed by atoms with Crippen molar-refractivity contribution in [2.75, 3.05) is 6.54 Å². The number of aromatic nitrogens is 2. The van der Waals surface area contributed by atoms with Crippen LogP contribution in [-0.4, -0.2) is 16.5 Å². The smallest absolute Gasteiger partial charge is 0.142 e. The number of pyridine rings is 1. The van der Waals surface area contributed by atoms with E-state index in [0.717, 1.165) is 22.9 Å². The highest BCUT2D eigenvalue weighted by atomic mass is 32.1. The van der Waals surface area contributed by atoms with Crippen molar-refractivity contribution in [1.29, 1.82) is 0 Å². The molecule has 0 spiro atoms. The van der Waals surface area contributed by atoms with Crippen molar-refractivity contribution in [3.05, 3.63) is 35.0 Å². The van der Waals surface area contributed by atoms with Crippen LogP contribution in [0.2, 0.25) is 0 Å². The molecule has 1 fully saturated rings. The first-order valence-electron chi connectivity index (χ1n) is 5.96. The summed E-state index contributed by atoms with van der Waals surface area (Å²) in [5.41, 5.74) is 3.20. The Balaban J connectivity index is 1.89. The lowest BCUT2D eigenvalue weighted by Crippen LogP contribution is -2.12. The summed E-state index contributed by atoms with van der Waals surface area (Å²) in [4.78, 5) is 9.21. The van der Waals surface area contributed by atoms with Gasteiger partial charge in [-0.2, -0.15) is 0 Å². The fourth-order valence-corrected chi connectivity index (χ4v) is 3.00. The van der Waals surface area contributed by atoms with Crippen LogP contribution in [0.5, 0.6) is 0 Å². The molecular formula is C13H15N3S. The molecule has 17 heavy (non-hydrogen) atoms. The highest BCUT2D eigenvalue weighted by Gasteiger charge is 2.19. The van der Waals surface area contributed by atoms with E-state index in [1.807, 2.05) is 25.1 Å². The lowest BCUT2D eigenvalue weighted by atomic mass is 10.2. The van der Waals surface area contributed by atoms with Gasteiger partial charge in [-0.15, -0.1) is 11.3 Å². The standard InChI is InChI=1S/C13H15N3S/c1-9-4-2-5-11(15-9)13-16-12(8-17-13)10-6-3-7-14-10/h2,4-5,8,10,14H,3,6-7H2,1H3. The van der Waals surface area contributed by atoms with Crippen LogP contribution in [0.3, 0.4) is 0 Å². The summed E-state index contributed by atoms with van der Waals surface area (Å²) in [5.74, 6) is 0. The highest BCUT2D eigenvalue weighted by Crippen LogP contribution is 2.28. The van der Waals surface area contributed by atoms with Gasteiger partial charge in [-0.3, -0.25) is 4.98 Å². The summed E-state index contributed by atoms with van der Waals surface area (Å²) in [6, 6.07) is 6.52. The van der Waals surface area contributed by atoms with E-state index in [2.05, 4.69) is 15.7 Å². The summed E-state index contributed by atoms with van der Waals surface area (Å²) in [6.07, 6.45) is 2.45. The molecule has 1 aliphatic rings. The molecule has 2 aromatic heterocycles. The van der Waals surface area contributed by atoms with Crippen LogP contribution < -0.4 is 5.32 Å². The van der Waals surface area contributed by atoms with Gasteiger partial charge in [-0.05, 0) is 38.4 Å². The minimum Gasteiger partial charge on any atom is -0.309 e. The van der Waals surface area contributed by atoms with Gasteiger partial charge in [0, 0.05) is 11.1 Å². The minimum atomic E-state index is 0.449. The van der Waals surface area contributed by atoms with Crippen molar-refractivity contribution in [2.45, 2.75) is 25.8 Å². The predicted octanol–water partition coefficient (Wildman–Crippen LogP) is 2.94. The maximum Gasteiger partial charge on any atom is 0.142 e. The molecule has 0 bridgehead atoms. The van der Waals surface area contributed by atoms with Crippen molar-refractivity contribution in [1.82, 2.24) is 15.3 Å². The lowest BCUT2D eigenvalue weighted by Gasteiger charge is -2.04. The van der Waals surface area contributed by atoms with Crippen molar-refractivity contribution < 1.29 is 0 Å². The molecule has 1 atom stereocenters. The third-order valence-corrected chi connectivity index (χ3v) is 3.93. The quantitative estimate of drug-likeness (QED) is 0.884. The topological polar surface area (TPSA) is 37.8 Å². The molecule has 0 radical (unpaired) electrons. The zero-order valence-corrected chi connectivity index (χ0v) is 10.6. The molecule has 0 amide bonds. The maximum absolute atomic E-state index is 4.70. The van der Waals surface area contributed by atoms with Gasteiger partial charge < -0.3 is 5.32 Å². The average molecular weight is 245 g/mol. The van der Waals surface area contributed by atoms with Gasteiger partial charge in [0.2, 0.25) is 0 Å². The molecule has 3 rings (SSSR count). The van der Waals surface area contributed by atoms with Crippen LogP contribution in [-0.2, 0) is 0 Å². The summed E-state index contributed by atoms with van der Waals surface area (Å²) in [7, 11) is 0. The normalized spacial score (nSPS) is 19.7. The van der Waals surface area contributed by atoms with E-state index in [1.54, 1.807) is 11.3 Å². The number of hydrogen-bond donors (Lipinski definition) is 1. The van der Waals surface area contributed by atoms with Crippen LogP contribution >= 0.6 is 11.3 Å². The van der Waals surface area contributed by atoms with Gasteiger partial charge in [-0.1, -0.05) is 6.07 Å². The van der Waals surface area contributed by atoms with Crippen LogP contribution in [0, 0.1) is 6.92 Å². The fraction of sp³-hybridized carbons (Fsp3) is 0.385. The monoisotopic (exact) mass is 245 g/mol. The zero-order valence-electron chi connectivity index (χ0n) is 9.81. The number of nitrogens with zero attached hydrogens (tertiary/aromatic N) is 2. The van der Waals surface area contributed by atoms with E-state index in [1.165, 1.54) is 18.5 Å². The largest absolute Gasteiger partial charge is 0.309 e. The Morgan fingerprint density at radius 2 is 2.29 bits per heavy atom. The molecule has 88 valence electrons. The van der Waals surface area contributed by atoms with Crippen LogP contribution in [0.1, 0.15) is 30.3 Å². The SMILES string of the molecule is Cc1cccc(-c2nc(C3CCCN3)cs2)n1. The van der Waals surface area contributed by atoms with E-state index >= 15 is 0 Å². The average Bonchev–Trinajstić information content (AvgIpc) is 3.00. The van der Waals surface area contributed by atoms with Crippen LogP contribution in [0.4, 0.5) is 0 Å². The second-order valence-electron chi connectivity index (χ2n) is 4.39. The number of thiazole rings is 1. The van der Waals surface area contributed by atoms with Crippen molar-refractivity contribution in [3.63, 3.8) is 0 Å². The molecule has 3 nitrogen and oxygen atoms in total. The second kappa shape index (κ2) is 4.55. The number of rotatable bonds is 2. The fourth-order valence-electron chi connectivity index (χ4n) is 2.16. The summed E-state index contributed by atoms with van der Waals surface area (Å²) in [5, 5.41) is 6.65. The first-order valence-corrected chi connectivity index (χ1v) is 6.84. The molecule has 1 N–H and O–H groups in total. The summed E-state index contributed by atoms with van der Waals surface area (Å²) < 4.78 is 0. The lowest BCUT2D eigenvalue weighted by molar-refractivity contribution is 0.632. The molecule has 0 aromatic carbocycles. The Bertz CT molecular complexity index is 515. The van der Waals surface area contributed by atoms with Gasteiger partial charge in [0.25, 0.3) is 0 Å². The number of nitrogens with one attached hydrogen (secondary N) is 1. The highest BCUT2D eigenvalue weighted by molar-refractivity contribution is 7.13.